The van der Waals surface area contributed by atoms with Gasteiger partial charge >= 0.3 is 0 Å². The van der Waals surface area contributed by atoms with E-state index in [4.69, 9.17) is 10.5 Å². The topological polar surface area (TPSA) is 77.2 Å². The summed E-state index contributed by atoms with van der Waals surface area (Å²) >= 11 is 1.34. The highest BCUT2D eigenvalue weighted by Gasteiger charge is 2.08. The molecule has 1 amide bonds. The molecule has 90 valence electrons. The monoisotopic (exact) mass is 243 g/mol. The van der Waals surface area contributed by atoms with Crippen molar-refractivity contribution in [2.75, 3.05) is 18.9 Å². The third kappa shape index (κ3) is 4.59. The van der Waals surface area contributed by atoms with Crippen LogP contribution in [0.1, 0.15) is 19.5 Å². The van der Waals surface area contributed by atoms with Gasteiger partial charge in [0.1, 0.15) is 0 Å². The first-order valence-corrected chi connectivity index (χ1v) is 6.08. The van der Waals surface area contributed by atoms with E-state index in [1.54, 1.807) is 5.38 Å². The number of nitrogens with two attached hydrogens (primary N) is 1. The summed E-state index contributed by atoms with van der Waals surface area (Å²) in [7, 11) is 0. The van der Waals surface area contributed by atoms with Gasteiger partial charge in [-0.25, -0.2) is 4.98 Å². The lowest BCUT2D eigenvalue weighted by Crippen LogP contribution is -2.33. The average molecular weight is 243 g/mol. The summed E-state index contributed by atoms with van der Waals surface area (Å²) in [5, 5.41) is 5.07. The number of hydrogen-bond acceptors (Lipinski definition) is 5. The smallest absolute Gasteiger partial charge is 0.226 e. The number of nitrogens with one attached hydrogen (secondary N) is 1. The minimum absolute atomic E-state index is 0.0365. The standard InChI is InChI=1S/C10H17N3O2S/c1-3-15-7(2)5-12-9(14)4-8-6-16-10(11)13-8/h6-7H,3-5H2,1-2H3,(H2,11,13)(H,12,14). The lowest BCUT2D eigenvalue weighted by molar-refractivity contribution is -0.121. The van der Waals surface area contributed by atoms with Gasteiger partial charge in [-0.3, -0.25) is 4.79 Å². The number of anilines is 1. The molecule has 0 bridgehead atoms. The van der Waals surface area contributed by atoms with Crippen molar-refractivity contribution in [3.05, 3.63) is 11.1 Å². The van der Waals surface area contributed by atoms with E-state index in [1.807, 2.05) is 13.8 Å². The normalized spacial score (nSPS) is 12.4. The van der Waals surface area contributed by atoms with E-state index in [1.165, 1.54) is 11.3 Å². The van der Waals surface area contributed by atoms with Crippen LogP contribution in [0.25, 0.3) is 0 Å². The summed E-state index contributed by atoms with van der Waals surface area (Å²) in [6, 6.07) is 0. The van der Waals surface area contributed by atoms with Gasteiger partial charge in [-0.2, -0.15) is 0 Å². The van der Waals surface area contributed by atoms with Crippen molar-refractivity contribution in [2.45, 2.75) is 26.4 Å². The summed E-state index contributed by atoms with van der Waals surface area (Å²) in [5.74, 6) is -0.0585. The molecule has 0 aliphatic carbocycles. The van der Waals surface area contributed by atoms with Gasteiger partial charge in [0.25, 0.3) is 0 Å². The number of hydrogen-bond donors (Lipinski definition) is 2. The van der Waals surface area contributed by atoms with Crippen LogP contribution in [0, 0.1) is 0 Å². The van der Waals surface area contributed by atoms with Gasteiger partial charge in [0.2, 0.25) is 5.91 Å². The van der Waals surface area contributed by atoms with Crippen molar-refractivity contribution in [1.29, 1.82) is 0 Å². The predicted molar refractivity (Wildman–Crippen MR) is 64.3 cm³/mol. The van der Waals surface area contributed by atoms with Crippen LogP contribution in [-0.4, -0.2) is 30.1 Å². The SMILES string of the molecule is CCOC(C)CNC(=O)Cc1csc(N)n1. The molecule has 0 fully saturated rings. The summed E-state index contributed by atoms with van der Waals surface area (Å²) in [5.41, 5.74) is 6.18. The Labute approximate surface area is 99.0 Å². The van der Waals surface area contributed by atoms with E-state index < -0.39 is 0 Å². The molecule has 1 unspecified atom stereocenters. The summed E-state index contributed by atoms with van der Waals surface area (Å²) in [4.78, 5) is 15.5. The van der Waals surface area contributed by atoms with Crippen LogP contribution in [0.15, 0.2) is 5.38 Å². The van der Waals surface area contributed by atoms with Crippen molar-refractivity contribution in [3.63, 3.8) is 0 Å². The maximum absolute atomic E-state index is 11.5. The fourth-order valence-electron chi connectivity index (χ4n) is 1.23. The van der Waals surface area contributed by atoms with Crippen molar-refractivity contribution in [1.82, 2.24) is 10.3 Å². The van der Waals surface area contributed by atoms with Gasteiger partial charge in [-0.15, -0.1) is 11.3 Å². The molecular weight excluding hydrogens is 226 g/mol. The van der Waals surface area contributed by atoms with Gasteiger partial charge in [0, 0.05) is 18.5 Å². The van der Waals surface area contributed by atoms with Crippen LogP contribution in [0.3, 0.4) is 0 Å². The fraction of sp³-hybridized carbons (Fsp3) is 0.600. The fourth-order valence-corrected chi connectivity index (χ4v) is 1.79. The Morgan fingerprint density at radius 2 is 2.50 bits per heavy atom. The molecule has 1 heterocycles. The third-order valence-electron chi connectivity index (χ3n) is 1.95. The van der Waals surface area contributed by atoms with E-state index in [9.17, 15) is 4.79 Å². The highest BCUT2D eigenvalue weighted by atomic mass is 32.1. The van der Waals surface area contributed by atoms with Gasteiger partial charge in [-0.1, -0.05) is 0 Å². The van der Waals surface area contributed by atoms with Crippen molar-refractivity contribution >= 4 is 22.4 Å². The molecule has 1 aromatic heterocycles. The molecule has 0 saturated heterocycles. The van der Waals surface area contributed by atoms with Crippen molar-refractivity contribution < 1.29 is 9.53 Å². The van der Waals surface area contributed by atoms with Crippen LogP contribution >= 0.6 is 11.3 Å². The maximum Gasteiger partial charge on any atom is 0.226 e. The zero-order chi connectivity index (χ0) is 12.0. The van der Waals surface area contributed by atoms with Crippen molar-refractivity contribution in [3.8, 4) is 0 Å². The zero-order valence-corrected chi connectivity index (χ0v) is 10.3. The molecule has 1 atom stereocenters. The van der Waals surface area contributed by atoms with Crippen LogP contribution in [-0.2, 0) is 16.0 Å². The number of aromatic nitrogens is 1. The van der Waals surface area contributed by atoms with Crippen LogP contribution in [0.5, 0.6) is 0 Å². The minimum atomic E-state index is -0.0585. The Bertz CT molecular complexity index is 341. The molecule has 0 radical (unpaired) electrons. The van der Waals surface area contributed by atoms with Gasteiger partial charge in [0.15, 0.2) is 5.13 Å². The Morgan fingerprint density at radius 3 is 3.06 bits per heavy atom. The van der Waals surface area contributed by atoms with Gasteiger partial charge in [0.05, 0.1) is 18.2 Å². The highest BCUT2D eigenvalue weighted by Crippen LogP contribution is 2.11. The largest absolute Gasteiger partial charge is 0.377 e. The Morgan fingerprint density at radius 1 is 1.75 bits per heavy atom. The first-order chi connectivity index (χ1) is 7.61. The Kier molecular flexibility index (Phi) is 5.21. The van der Waals surface area contributed by atoms with Crippen LogP contribution in [0.4, 0.5) is 5.13 Å². The predicted octanol–water partition coefficient (Wildman–Crippen LogP) is 0.809. The van der Waals surface area contributed by atoms with E-state index >= 15 is 0 Å². The molecule has 1 aromatic rings. The second-order valence-corrected chi connectivity index (χ2v) is 4.31. The van der Waals surface area contributed by atoms with E-state index in [0.717, 1.165) is 0 Å². The number of thiazole rings is 1. The molecule has 0 aliphatic rings. The molecule has 5 nitrogen and oxygen atoms in total. The molecule has 16 heavy (non-hydrogen) atoms. The molecule has 6 heteroatoms. The third-order valence-corrected chi connectivity index (χ3v) is 2.67. The zero-order valence-electron chi connectivity index (χ0n) is 9.53. The molecule has 0 saturated carbocycles. The van der Waals surface area contributed by atoms with Crippen molar-refractivity contribution in [2.24, 2.45) is 0 Å². The van der Waals surface area contributed by atoms with E-state index in [0.29, 0.717) is 24.0 Å². The number of nitrogens with zero attached hydrogens (tertiary/aromatic N) is 1. The number of nitrogen functional groups attached to an aromatic ring is 1. The molecule has 3 N–H and O–H groups in total. The highest BCUT2D eigenvalue weighted by molar-refractivity contribution is 7.13. The molecule has 1 rings (SSSR count). The quantitative estimate of drug-likeness (QED) is 0.775. The summed E-state index contributed by atoms with van der Waals surface area (Å²) in [6.45, 7) is 5.02. The van der Waals surface area contributed by atoms with E-state index in [2.05, 4.69) is 10.3 Å². The molecule has 0 spiro atoms. The minimum Gasteiger partial charge on any atom is -0.377 e. The Hall–Kier alpha value is -1.14. The van der Waals surface area contributed by atoms with Gasteiger partial charge < -0.3 is 15.8 Å². The Balaban J connectivity index is 2.26. The summed E-state index contributed by atoms with van der Waals surface area (Å²) < 4.78 is 5.30. The number of carbonyl (C=O) groups is 1. The van der Waals surface area contributed by atoms with Gasteiger partial charge in [-0.05, 0) is 13.8 Å². The molecule has 0 aliphatic heterocycles. The second kappa shape index (κ2) is 6.44. The molecular formula is C10H17N3O2S. The summed E-state index contributed by atoms with van der Waals surface area (Å²) in [6.07, 6.45) is 0.307. The first kappa shape index (κ1) is 12.9. The van der Waals surface area contributed by atoms with Crippen LogP contribution < -0.4 is 11.1 Å². The number of rotatable bonds is 6. The number of carbonyl (C=O) groups excluding carboxylic acids is 1. The first-order valence-electron chi connectivity index (χ1n) is 5.20. The number of ether oxygens (including phenoxy) is 1. The maximum atomic E-state index is 11.5. The average Bonchev–Trinajstić information content (AvgIpc) is 2.61. The lowest BCUT2D eigenvalue weighted by Gasteiger charge is -2.11. The lowest BCUT2D eigenvalue weighted by atomic mass is 10.3. The number of amides is 1. The second-order valence-electron chi connectivity index (χ2n) is 3.42. The van der Waals surface area contributed by atoms with Crippen LogP contribution in [0.2, 0.25) is 0 Å². The van der Waals surface area contributed by atoms with E-state index in [-0.39, 0.29) is 18.4 Å². The molecule has 0 aromatic carbocycles.